The van der Waals surface area contributed by atoms with Crippen molar-refractivity contribution >= 4 is 24.0 Å². The number of halogens is 3. The molecule has 0 unspecified atom stereocenters. The Balaban J connectivity index is 1.16. The molecule has 1 spiro atoms. The number of alkyl halides is 3. The van der Waals surface area contributed by atoms with Crippen LogP contribution in [0, 0.1) is 0 Å². The summed E-state index contributed by atoms with van der Waals surface area (Å²) >= 11 is 0. The lowest BCUT2D eigenvalue weighted by Gasteiger charge is -2.37. The molecular weight excluding hydrogens is 581 g/mol. The summed E-state index contributed by atoms with van der Waals surface area (Å²) < 4.78 is 54.6. The Morgan fingerprint density at radius 2 is 1.55 bits per heavy atom. The fourth-order valence-electron chi connectivity index (χ4n) is 5.06. The van der Waals surface area contributed by atoms with Gasteiger partial charge in [0.2, 0.25) is 0 Å². The van der Waals surface area contributed by atoms with Crippen LogP contribution in [0.25, 0.3) is 0 Å². The van der Waals surface area contributed by atoms with Crippen molar-refractivity contribution in [2.24, 2.45) is 0 Å². The predicted octanol–water partition coefficient (Wildman–Crippen LogP) is 6.16. The molecule has 13 heteroatoms. The SMILES string of the molecule is CC(C)(C)OC(=O)NCCCOC(=O)Nc1ccc(CN2CC3(CCN(Cc4ccc(C(F)(F)F)cc4)CC3)OC2=O)cc1. The van der Waals surface area contributed by atoms with Gasteiger partial charge in [-0.25, -0.2) is 14.4 Å². The number of nitrogens with zero attached hydrogens (tertiary/aromatic N) is 2. The molecule has 2 saturated heterocycles. The second-order valence-electron chi connectivity index (χ2n) is 12.1. The van der Waals surface area contributed by atoms with Gasteiger partial charge in [-0.1, -0.05) is 24.3 Å². The molecule has 2 aliphatic heterocycles. The number of anilines is 1. The highest BCUT2D eigenvalue weighted by molar-refractivity contribution is 5.84. The second kappa shape index (κ2) is 13.7. The zero-order valence-corrected chi connectivity index (χ0v) is 25.2. The topological polar surface area (TPSA) is 109 Å². The summed E-state index contributed by atoms with van der Waals surface area (Å²) in [5, 5.41) is 5.24. The van der Waals surface area contributed by atoms with E-state index < -0.39 is 35.1 Å². The van der Waals surface area contributed by atoms with Crippen molar-refractivity contribution < 1.29 is 41.8 Å². The van der Waals surface area contributed by atoms with Crippen LogP contribution in [0.3, 0.4) is 0 Å². The highest BCUT2D eigenvalue weighted by atomic mass is 19.4. The maximum atomic E-state index is 12.8. The van der Waals surface area contributed by atoms with Crippen LogP contribution in [-0.2, 0) is 33.5 Å². The van der Waals surface area contributed by atoms with Gasteiger partial charge in [0, 0.05) is 51.3 Å². The zero-order valence-electron chi connectivity index (χ0n) is 25.2. The molecule has 2 N–H and O–H groups in total. The molecule has 3 amide bonds. The van der Waals surface area contributed by atoms with Gasteiger partial charge in [0.05, 0.1) is 18.7 Å². The summed E-state index contributed by atoms with van der Waals surface area (Å²) in [5.74, 6) is 0. The van der Waals surface area contributed by atoms with Gasteiger partial charge in [-0.3, -0.25) is 15.1 Å². The highest BCUT2D eigenvalue weighted by Gasteiger charge is 2.46. The van der Waals surface area contributed by atoms with Crippen LogP contribution in [0.4, 0.5) is 33.2 Å². The first kappa shape index (κ1) is 32.9. The number of carbonyl (C=O) groups is 3. The number of rotatable bonds is 9. The average molecular weight is 621 g/mol. The first-order valence-corrected chi connectivity index (χ1v) is 14.6. The minimum Gasteiger partial charge on any atom is -0.449 e. The molecule has 2 aliphatic rings. The molecule has 0 radical (unpaired) electrons. The summed E-state index contributed by atoms with van der Waals surface area (Å²) in [4.78, 5) is 40.2. The first-order valence-electron chi connectivity index (χ1n) is 14.6. The van der Waals surface area contributed by atoms with Gasteiger partial charge in [-0.05, 0) is 62.6 Å². The summed E-state index contributed by atoms with van der Waals surface area (Å²) in [6.07, 6.45) is -4.18. The van der Waals surface area contributed by atoms with Crippen LogP contribution in [0.5, 0.6) is 0 Å². The summed E-state index contributed by atoms with van der Waals surface area (Å²) in [7, 11) is 0. The maximum absolute atomic E-state index is 12.8. The lowest BCUT2D eigenvalue weighted by molar-refractivity contribution is -0.137. The number of piperidine rings is 1. The van der Waals surface area contributed by atoms with Crippen LogP contribution in [0.1, 0.15) is 56.7 Å². The molecular formula is C31H39F3N4O6. The number of amides is 3. The Kier molecular flexibility index (Phi) is 10.3. The summed E-state index contributed by atoms with van der Waals surface area (Å²) in [5.41, 5.74) is 0.374. The second-order valence-corrected chi connectivity index (χ2v) is 12.1. The number of hydrogen-bond acceptors (Lipinski definition) is 7. The number of carbonyl (C=O) groups excluding carboxylic acids is 3. The van der Waals surface area contributed by atoms with Crippen molar-refractivity contribution in [2.75, 3.05) is 38.1 Å². The van der Waals surface area contributed by atoms with Crippen LogP contribution in [0.15, 0.2) is 48.5 Å². The highest BCUT2D eigenvalue weighted by Crippen LogP contribution is 2.35. The lowest BCUT2D eigenvalue weighted by atomic mass is 9.91. The molecule has 2 fully saturated rings. The van der Waals surface area contributed by atoms with Crippen molar-refractivity contribution in [2.45, 2.75) is 70.5 Å². The maximum Gasteiger partial charge on any atom is 0.416 e. The van der Waals surface area contributed by atoms with Crippen LogP contribution < -0.4 is 10.6 Å². The smallest absolute Gasteiger partial charge is 0.416 e. The Morgan fingerprint density at radius 1 is 0.932 bits per heavy atom. The van der Waals surface area contributed by atoms with E-state index in [1.165, 1.54) is 12.1 Å². The van der Waals surface area contributed by atoms with Gasteiger partial charge in [0.25, 0.3) is 0 Å². The van der Waals surface area contributed by atoms with Gasteiger partial charge in [0.1, 0.15) is 11.2 Å². The minimum absolute atomic E-state index is 0.116. The summed E-state index contributed by atoms with van der Waals surface area (Å²) in [6.45, 7) is 8.40. The van der Waals surface area contributed by atoms with E-state index in [-0.39, 0.29) is 12.7 Å². The van der Waals surface area contributed by atoms with Crippen molar-refractivity contribution in [1.82, 2.24) is 15.1 Å². The number of ether oxygens (including phenoxy) is 3. The van der Waals surface area contributed by atoms with Gasteiger partial charge < -0.3 is 19.5 Å². The molecule has 44 heavy (non-hydrogen) atoms. The van der Waals surface area contributed by atoms with E-state index >= 15 is 0 Å². The largest absolute Gasteiger partial charge is 0.449 e. The molecule has 0 aromatic heterocycles. The first-order chi connectivity index (χ1) is 20.7. The number of nitrogens with one attached hydrogen (secondary N) is 2. The third-order valence-electron chi connectivity index (χ3n) is 7.29. The standard InChI is InChI=1S/C31H39F3N4O6/c1-29(2,3)43-26(39)35-15-4-18-42-27(40)36-25-11-7-23(8-12-25)20-38-21-30(44-28(38)41)13-16-37(17-14-30)19-22-5-9-24(10-6-22)31(32,33)34/h5-12H,4,13-21H2,1-3H3,(H,35,39)(H,36,40). The Morgan fingerprint density at radius 3 is 2.16 bits per heavy atom. The molecule has 2 aromatic rings. The number of alkyl carbamates (subject to hydrolysis) is 1. The molecule has 0 atom stereocenters. The quantitative estimate of drug-likeness (QED) is 0.256. The minimum atomic E-state index is -4.35. The van der Waals surface area contributed by atoms with Gasteiger partial charge >= 0.3 is 24.5 Å². The fraction of sp³-hybridized carbons (Fsp3) is 0.516. The summed E-state index contributed by atoms with van der Waals surface area (Å²) in [6, 6.07) is 12.3. The number of hydrogen-bond donors (Lipinski definition) is 2. The molecule has 4 rings (SSSR count). The van der Waals surface area contributed by atoms with Crippen molar-refractivity contribution in [3.05, 3.63) is 65.2 Å². The third-order valence-corrected chi connectivity index (χ3v) is 7.29. The average Bonchev–Trinajstić information content (AvgIpc) is 3.23. The molecule has 10 nitrogen and oxygen atoms in total. The Labute approximate surface area is 254 Å². The van der Waals surface area contributed by atoms with E-state index in [0.29, 0.717) is 64.2 Å². The van der Waals surface area contributed by atoms with Crippen molar-refractivity contribution in [1.29, 1.82) is 0 Å². The van der Waals surface area contributed by atoms with Crippen LogP contribution >= 0.6 is 0 Å². The van der Waals surface area contributed by atoms with Gasteiger partial charge in [-0.2, -0.15) is 13.2 Å². The molecule has 0 aliphatic carbocycles. The van der Waals surface area contributed by atoms with Gasteiger partial charge in [-0.15, -0.1) is 0 Å². The number of likely N-dealkylation sites (tertiary alicyclic amines) is 1. The van der Waals surface area contributed by atoms with Gasteiger partial charge in [0.15, 0.2) is 0 Å². The van der Waals surface area contributed by atoms with E-state index in [9.17, 15) is 27.6 Å². The monoisotopic (exact) mass is 620 g/mol. The molecule has 0 bridgehead atoms. The molecule has 2 aromatic carbocycles. The van der Waals surface area contributed by atoms with E-state index in [2.05, 4.69) is 15.5 Å². The predicted molar refractivity (Wildman–Crippen MR) is 156 cm³/mol. The molecule has 0 saturated carbocycles. The third kappa shape index (κ3) is 9.76. The molecule has 240 valence electrons. The lowest BCUT2D eigenvalue weighted by Crippen LogP contribution is -2.46. The van der Waals surface area contributed by atoms with E-state index in [4.69, 9.17) is 14.2 Å². The van der Waals surface area contributed by atoms with E-state index in [1.807, 2.05) is 12.1 Å². The number of benzene rings is 2. The fourth-order valence-corrected chi connectivity index (χ4v) is 5.06. The van der Waals surface area contributed by atoms with Crippen LogP contribution in [-0.4, -0.2) is 72.1 Å². The Bertz CT molecular complexity index is 1290. The normalized spacial score (nSPS) is 16.9. The van der Waals surface area contributed by atoms with Crippen molar-refractivity contribution in [3.63, 3.8) is 0 Å². The Hall–Kier alpha value is -4.00. The molecule has 2 heterocycles. The van der Waals surface area contributed by atoms with E-state index in [1.54, 1.807) is 37.8 Å². The van der Waals surface area contributed by atoms with Crippen molar-refractivity contribution in [3.8, 4) is 0 Å². The van der Waals surface area contributed by atoms with Crippen LogP contribution in [0.2, 0.25) is 0 Å². The van der Waals surface area contributed by atoms with E-state index in [0.717, 1.165) is 23.3 Å². The zero-order chi connectivity index (χ0) is 32.0.